The molecule has 0 aromatic rings. The number of rotatable bonds is 7. The van der Waals surface area contributed by atoms with Gasteiger partial charge in [0.1, 0.15) is 0 Å². The van der Waals surface area contributed by atoms with Crippen LogP contribution in [0.2, 0.25) is 0 Å². The van der Waals surface area contributed by atoms with Crippen molar-refractivity contribution in [1.29, 1.82) is 0 Å². The van der Waals surface area contributed by atoms with E-state index in [0.717, 1.165) is 5.75 Å². The molecule has 0 saturated heterocycles. The molecule has 0 aromatic heterocycles. The molecule has 15 heavy (non-hydrogen) atoms. The molecule has 4 nitrogen and oxygen atoms in total. The van der Waals surface area contributed by atoms with Gasteiger partial charge in [-0.2, -0.15) is 11.8 Å². The number of hydrogen-bond donors (Lipinski definition) is 0. The molecule has 0 N–H and O–H groups in total. The first-order chi connectivity index (χ1) is 7.15. The topological polar surface area (TPSA) is 46.6 Å². The van der Waals surface area contributed by atoms with Crippen LogP contribution in [0.4, 0.5) is 0 Å². The van der Waals surface area contributed by atoms with E-state index >= 15 is 0 Å². The van der Waals surface area contributed by atoms with E-state index in [1.807, 2.05) is 13.2 Å². The van der Waals surface area contributed by atoms with Gasteiger partial charge in [-0.05, 0) is 13.2 Å². The van der Waals surface area contributed by atoms with Crippen LogP contribution in [0.1, 0.15) is 19.8 Å². The zero-order valence-electron chi connectivity index (χ0n) is 9.62. The zero-order valence-corrected chi connectivity index (χ0v) is 10.4. The standard InChI is InChI=1S/C10H19NO3S/c1-4-11(7-5-10(13)14-2)9(12)6-8-15-3/h4-8H2,1-3H3. The molecule has 0 atom stereocenters. The van der Waals surface area contributed by atoms with E-state index < -0.39 is 0 Å². The molecule has 0 fully saturated rings. The van der Waals surface area contributed by atoms with Crippen LogP contribution in [-0.4, -0.2) is 49.0 Å². The zero-order chi connectivity index (χ0) is 11.7. The van der Waals surface area contributed by atoms with Crippen LogP contribution >= 0.6 is 11.8 Å². The molecule has 0 unspecified atom stereocenters. The Kier molecular flexibility index (Phi) is 8.18. The summed E-state index contributed by atoms with van der Waals surface area (Å²) in [6.07, 6.45) is 2.78. The third-order valence-corrected chi connectivity index (χ3v) is 2.68. The van der Waals surface area contributed by atoms with Gasteiger partial charge in [0.2, 0.25) is 5.91 Å². The lowest BCUT2D eigenvalue weighted by Crippen LogP contribution is -2.33. The van der Waals surface area contributed by atoms with E-state index in [2.05, 4.69) is 4.74 Å². The van der Waals surface area contributed by atoms with Gasteiger partial charge in [0.15, 0.2) is 0 Å². The predicted octanol–water partition coefficient (Wildman–Crippen LogP) is 1.15. The minimum Gasteiger partial charge on any atom is -0.469 e. The average Bonchev–Trinajstić information content (AvgIpc) is 2.26. The minimum absolute atomic E-state index is 0.107. The summed E-state index contributed by atoms with van der Waals surface area (Å²) in [6, 6.07) is 0. The molecule has 0 radical (unpaired) electrons. The lowest BCUT2D eigenvalue weighted by Gasteiger charge is -2.19. The molecule has 0 spiro atoms. The number of amides is 1. The largest absolute Gasteiger partial charge is 0.469 e. The maximum Gasteiger partial charge on any atom is 0.307 e. The molecular weight excluding hydrogens is 214 g/mol. The van der Waals surface area contributed by atoms with Crippen molar-refractivity contribution in [2.45, 2.75) is 19.8 Å². The first kappa shape index (κ1) is 14.3. The summed E-state index contributed by atoms with van der Waals surface area (Å²) in [4.78, 5) is 24.2. The van der Waals surface area contributed by atoms with Crippen molar-refractivity contribution in [2.24, 2.45) is 0 Å². The number of nitrogens with zero attached hydrogens (tertiary/aromatic N) is 1. The Balaban J connectivity index is 3.90. The summed E-state index contributed by atoms with van der Waals surface area (Å²) in [5, 5.41) is 0. The first-order valence-corrected chi connectivity index (χ1v) is 6.38. The molecular formula is C10H19NO3S. The van der Waals surface area contributed by atoms with Crippen molar-refractivity contribution >= 4 is 23.6 Å². The van der Waals surface area contributed by atoms with Crippen molar-refractivity contribution in [3.05, 3.63) is 0 Å². The van der Waals surface area contributed by atoms with E-state index in [-0.39, 0.29) is 18.3 Å². The fourth-order valence-electron chi connectivity index (χ4n) is 1.13. The quantitative estimate of drug-likeness (QED) is 0.619. The van der Waals surface area contributed by atoms with Gasteiger partial charge in [-0.1, -0.05) is 0 Å². The van der Waals surface area contributed by atoms with Crippen molar-refractivity contribution < 1.29 is 14.3 Å². The lowest BCUT2D eigenvalue weighted by molar-refractivity contribution is -0.141. The van der Waals surface area contributed by atoms with Gasteiger partial charge in [0, 0.05) is 25.3 Å². The Morgan fingerprint density at radius 1 is 1.33 bits per heavy atom. The summed E-state index contributed by atoms with van der Waals surface area (Å²) in [5.41, 5.74) is 0. The Labute approximate surface area is 95.3 Å². The second-order valence-electron chi connectivity index (χ2n) is 3.04. The Morgan fingerprint density at radius 2 is 2.00 bits per heavy atom. The third kappa shape index (κ3) is 6.38. The second kappa shape index (κ2) is 8.59. The lowest BCUT2D eigenvalue weighted by atomic mass is 10.3. The Morgan fingerprint density at radius 3 is 2.47 bits per heavy atom. The molecule has 0 aromatic carbocycles. The van der Waals surface area contributed by atoms with E-state index in [0.29, 0.717) is 19.5 Å². The van der Waals surface area contributed by atoms with Crippen LogP contribution in [0.5, 0.6) is 0 Å². The van der Waals surface area contributed by atoms with Gasteiger partial charge >= 0.3 is 5.97 Å². The first-order valence-electron chi connectivity index (χ1n) is 4.99. The number of carbonyl (C=O) groups is 2. The molecule has 88 valence electrons. The molecule has 0 aliphatic heterocycles. The summed E-state index contributed by atoms with van der Waals surface area (Å²) >= 11 is 1.65. The van der Waals surface area contributed by atoms with Crippen molar-refractivity contribution in [1.82, 2.24) is 4.90 Å². The van der Waals surface area contributed by atoms with E-state index in [1.165, 1.54) is 7.11 Å². The normalized spacial score (nSPS) is 9.80. The Hall–Kier alpha value is -0.710. The molecule has 5 heteroatoms. The van der Waals surface area contributed by atoms with Gasteiger partial charge in [-0.25, -0.2) is 0 Å². The molecule has 0 aliphatic carbocycles. The summed E-state index contributed by atoms with van der Waals surface area (Å²) in [5.74, 6) is 0.662. The fraction of sp³-hybridized carbons (Fsp3) is 0.800. The van der Waals surface area contributed by atoms with Crippen LogP contribution in [0.25, 0.3) is 0 Å². The summed E-state index contributed by atoms with van der Waals surface area (Å²) < 4.78 is 4.52. The van der Waals surface area contributed by atoms with E-state index in [1.54, 1.807) is 16.7 Å². The predicted molar refractivity (Wildman–Crippen MR) is 61.9 cm³/mol. The Bertz CT molecular complexity index is 209. The van der Waals surface area contributed by atoms with Gasteiger partial charge in [-0.3, -0.25) is 9.59 Å². The fourth-order valence-corrected chi connectivity index (χ4v) is 1.51. The maximum absolute atomic E-state index is 11.6. The molecule has 0 bridgehead atoms. The molecule has 0 saturated carbocycles. The highest BCUT2D eigenvalue weighted by Crippen LogP contribution is 2.02. The van der Waals surface area contributed by atoms with Crippen molar-refractivity contribution in [3.63, 3.8) is 0 Å². The number of carbonyl (C=O) groups excluding carboxylic acids is 2. The SMILES string of the molecule is CCN(CCC(=O)OC)C(=O)CCSC. The second-order valence-corrected chi connectivity index (χ2v) is 4.03. The molecule has 0 heterocycles. The van der Waals surface area contributed by atoms with Crippen LogP contribution in [-0.2, 0) is 14.3 Å². The number of ether oxygens (including phenoxy) is 1. The van der Waals surface area contributed by atoms with Gasteiger partial charge in [-0.15, -0.1) is 0 Å². The van der Waals surface area contributed by atoms with Crippen molar-refractivity contribution in [2.75, 3.05) is 32.2 Å². The van der Waals surface area contributed by atoms with Gasteiger partial charge < -0.3 is 9.64 Å². The van der Waals surface area contributed by atoms with Gasteiger partial charge in [0.25, 0.3) is 0 Å². The smallest absolute Gasteiger partial charge is 0.307 e. The average molecular weight is 233 g/mol. The van der Waals surface area contributed by atoms with Crippen LogP contribution < -0.4 is 0 Å². The highest BCUT2D eigenvalue weighted by Gasteiger charge is 2.12. The number of esters is 1. The maximum atomic E-state index is 11.6. The molecule has 0 rings (SSSR count). The highest BCUT2D eigenvalue weighted by atomic mass is 32.2. The number of methoxy groups -OCH3 is 1. The van der Waals surface area contributed by atoms with Crippen LogP contribution in [0.15, 0.2) is 0 Å². The van der Waals surface area contributed by atoms with E-state index in [4.69, 9.17) is 0 Å². The minimum atomic E-state index is -0.272. The number of thioether (sulfide) groups is 1. The monoisotopic (exact) mass is 233 g/mol. The molecule has 1 amide bonds. The van der Waals surface area contributed by atoms with Crippen molar-refractivity contribution in [3.8, 4) is 0 Å². The number of hydrogen-bond acceptors (Lipinski definition) is 4. The van der Waals surface area contributed by atoms with Crippen LogP contribution in [0, 0.1) is 0 Å². The summed E-state index contributed by atoms with van der Waals surface area (Å²) in [7, 11) is 1.36. The van der Waals surface area contributed by atoms with Crippen LogP contribution in [0.3, 0.4) is 0 Å². The summed E-state index contributed by atoms with van der Waals surface area (Å²) in [6.45, 7) is 3.01. The molecule has 0 aliphatic rings. The van der Waals surface area contributed by atoms with Gasteiger partial charge in [0.05, 0.1) is 13.5 Å². The van der Waals surface area contributed by atoms with E-state index in [9.17, 15) is 9.59 Å². The third-order valence-electron chi connectivity index (χ3n) is 2.07. The highest BCUT2D eigenvalue weighted by molar-refractivity contribution is 7.98.